The second-order valence-electron chi connectivity index (χ2n) is 2.58. The van der Waals surface area contributed by atoms with E-state index >= 15 is 0 Å². The maximum Gasteiger partial charge on any atom is 0.339 e. The van der Waals surface area contributed by atoms with Crippen LogP contribution in [0.3, 0.4) is 0 Å². The Morgan fingerprint density at radius 1 is 1.64 bits per heavy atom. The molecule has 0 N–H and O–H groups in total. The number of carbonyl (C=O) groups is 1. The number of aromatic nitrogens is 1. The molecule has 0 unspecified atom stereocenters. The van der Waals surface area contributed by atoms with Crippen LogP contribution in [0.15, 0.2) is 24.5 Å². The van der Waals surface area contributed by atoms with Crippen molar-refractivity contribution in [3.05, 3.63) is 35.7 Å². The number of methoxy groups -OCH3 is 1. The number of hydrogen-bond acceptors (Lipinski definition) is 4. The number of carbonyl (C=O) groups excluding carboxylic acids is 1. The molecule has 0 aliphatic rings. The number of esters is 1. The number of rotatable bonds is 3. The molecule has 0 aliphatic heterocycles. The summed E-state index contributed by atoms with van der Waals surface area (Å²) in [5, 5.41) is 0. The van der Waals surface area contributed by atoms with Gasteiger partial charge in [0.05, 0.1) is 12.7 Å². The molecule has 1 heterocycles. The predicted octanol–water partition coefficient (Wildman–Crippen LogP) is 1.81. The molecule has 74 valence electrons. The van der Waals surface area contributed by atoms with Gasteiger partial charge in [-0.2, -0.15) is 12.6 Å². The molecule has 0 aromatic carbocycles. The number of ether oxygens (including phenoxy) is 1. The molecule has 0 saturated heterocycles. The van der Waals surface area contributed by atoms with Gasteiger partial charge in [0.15, 0.2) is 0 Å². The van der Waals surface area contributed by atoms with Gasteiger partial charge in [-0.1, -0.05) is 12.2 Å². The summed E-state index contributed by atoms with van der Waals surface area (Å²) in [4.78, 5) is 15.1. The number of hydrogen-bond donors (Lipinski definition) is 1. The van der Waals surface area contributed by atoms with Gasteiger partial charge < -0.3 is 4.74 Å². The van der Waals surface area contributed by atoms with Gasteiger partial charge in [0, 0.05) is 18.1 Å². The van der Waals surface area contributed by atoms with Crippen LogP contribution in [0.25, 0.3) is 6.08 Å². The monoisotopic (exact) mass is 209 g/mol. The summed E-state index contributed by atoms with van der Waals surface area (Å²) < 4.78 is 4.58. The van der Waals surface area contributed by atoms with Gasteiger partial charge in [-0.25, -0.2) is 4.79 Å². The van der Waals surface area contributed by atoms with Gasteiger partial charge in [0.25, 0.3) is 0 Å². The molecule has 0 spiro atoms. The smallest absolute Gasteiger partial charge is 0.339 e. The zero-order chi connectivity index (χ0) is 10.4. The average Bonchev–Trinajstić information content (AvgIpc) is 2.25. The first-order valence-electron chi connectivity index (χ1n) is 4.08. The molecule has 0 bridgehead atoms. The molecule has 0 aliphatic carbocycles. The van der Waals surface area contributed by atoms with Gasteiger partial charge in [0.1, 0.15) is 0 Å². The highest BCUT2D eigenvalue weighted by Crippen LogP contribution is 2.06. The minimum atomic E-state index is -0.376. The van der Waals surface area contributed by atoms with Crippen molar-refractivity contribution in [2.24, 2.45) is 0 Å². The molecule has 0 radical (unpaired) electrons. The largest absolute Gasteiger partial charge is 0.465 e. The minimum absolute atomic E-state index is 0.376. The van der Waals surface area contributed by atoms with Crippen LogP contribution in [0.4, 0.5) is 0 Å². The van der Waals surface area contributed by atoms with Crippen LogP contribution >= 0.6 is 12.6 Å². The molecular formula is C10H11NO2S. The molecule has 1 aromatic rings. The van der Waals surface area contributed by atoms with Crippen molar-refractivity contribution in [2.45, 2.75) is 0 Å². The van der Waals surface area contributed by atoms with Crippen molar-refractivity contribution in [3.63, 3.8) is 0 Å². The average molecular weight is 209 g/mol. The third-order valence-corrected chi connectivity index (χ3v) is 1.81. The van der Waals surface area contributed by atoms with Crippen molar-refractivity contribution in [1.29, 1.82) is 0 Å². The van der Waals surface area contributed by atoms with Crippen molar-refractivity contribution in [1.82, 2.24) is 4.98 Å². The lowest BCUT2D eigenvalue weighted by Gasteiger charge is -1.98. The minimum Gasteiger partial charge on any atom is -0.465 e. The molecular weight excluding hydrogens is 198 g/mol. The number of nitrogens with zero attached hydrogens (tertiary/aromatic N) is 1. The fourth-order valence-electron chi connectivity index (χ4n) is 0.967. The Bertz CT molecular complexity index is 350. The van der Waals surface area contributed by atoms with Gasteiger partial charge >= 0.3 is 5.97 Å². The quantitative estimate of drug-likeness (QED) is 0.609. The molecule has 1 aromatic heterocycles. The van der Waals surface area contributed by atoms with Gasteiger partial charge in [0.2, 0.25) is 0 Å². The summed E-state index contributed by atoms with van der Waals surface area (Å²) >= 11 is 4.04. The van der Waals surface area contributed by atoms with Crippen molar-refractivity contribution in [2.75, 3.05) is 12.9 Å². The molecule has 14 heavy (non-hydrogen) atoms. The van der Waals surface area contributed by atoms with Crippen LogP contribution in [-0.2, 0) is 4.74 Å². The van der Waals surface area contributed by atoms with E-state index in [0.29, 0.717) is 11.3 Å². The Morgan fingerprint density at radius 2 is 2.43 bits per heavy atom. The van der Waals surface area contributed by atoms with Gasteiger partial charge in [-0.15, -0.1) is 0 Å². The van der Waals surface area contributed by atoms with Crippen LogP contribution in [0.1, 0.15) is 15.9 Å². The highest BCUT2D eigenvalue weighted by molar-refractivity contribution is 7.80. The zero-order valence-electron chi connectivity index (χ0n) is 7.80. The van der Waals surface area contributed by atoms with Crippen LogP contribution < -0.4 is 0 Å². The van der Waals surface area contributed by atoms with Crippen LogP contribution in [0.2, 0.25) is 0 Å². The summed E-state index contributed by atoms with van der Waals surface area (Å²) in [5.74, 6) is 0.279. The first kappa shape index (κ1) is 10.8. The summed E-state index contributed by atoms with van der Waals surface area (Å²) in [6.45, 7) is 0. The fraction of sp³-hybridized carbons (Fsp3) is 0.200. The van der Waals surface area contributed by atoms with Crippen molar-refractivity contribution >= 4 is 24.7 Å². The van der Waals surface area contributed by atoms with Crippen LogP contribution in [0, 0.1) is 0 Å². The Labute approximate surface area is 88.2 Å². The van der Waals surface area contributed by atoms with E-state index in [0.717, 1.165) is 5.56 Å². The lowest BCUT2D eigenvalue weighted by atomic mass is 10.2. The summed E-state index contributed by atoms with van der Waals surface area (Å²) in [5.41, 5.74) is 1.32. The molecule has 3 nitrogen and oxygen atoms in total. The second kappa shape index (κ2) is 5.44. The summed E-state index contributed by atoms with van der Waals surface area (Å²) in [6.07, 6.45) is 6.88. The molecule has 0 saturated carbocycles. The molecule has 1 rings (SSSR count). The van der Waals surface area contributed by atoms with Crippen LogP contribution in [0.5, 0.6) is 0 Å². The summed E-state index contributed by atoms with van der Waals surface area (Å²) in [6, 6.07) is 1.72. The highest BCUT2D eigenvalue weighted by atomic mass is 32.1. The predicted molar refractivity (Wildman–Crippen MR) is 58.5 cm³/mol. The zero-order valence-corrected chi connectivity index (χ0v) is 8.70. The fourth-order valence-corrected chi connectivity index (χ4v) is 1.07. The lowest BCUT2D eigenvalue weighted by molar-refractivity contribution is 0.0600. The lowest BCUT2D eigenvalue weighted by Crippen LogP contribution is -2.01. The highest BCUT2D eigenvalue weighted by Gasteiger charge is 2.04. The van der Waals surface area contributed by atoms with E-state index < -0.39 is 0 Å². The first-order valence-corrected chi connectivity index (χ1v) is 4.72. The third kappa shape index (κ3) is 2.88. The van der Waals surface area contributed by atoms with E-state index in [4.69, 9.17) is 0 Å². The standard InChI is InChI=1S/C10H11NO2S/c1-13-10(12)9-5-8(3-2-4-14)6-11-7-9/h2-3,5-7,14H,4H2,1H3. The molecule has 0 amide bonds. The second-order valence-corrected chi connectivity index (χ2v) is 2.95. The van der Waals surface area contributed by atoms with Crippen molar-refractivity contribution in [3.8, 4) is 0 Å². The van der Waals surface area contributed by atoms with Gasteiger partial charge in [-0.05, 0) is 11.6 Å². The van der Waals surface area contributed by atoms with E-state index in [1.165, 1.54) is 13.3 Å². The topological polar surface area (TPSA) is 39.2 Å². The maximum absolute atomic E-state index is 11.1. The summed E-state index contributed by atoms with van der Waals surface area (Å²) in [7, 11) is 1.35. The number of thiol groups is 1. The normalized spacial score (nSPS) is 10.4. The Kier molecular flexibility index (Phi) is 4.19. The Balaban J connectivity index is 2.89. The third-order valence-electron chi connectivity index (χ3n) is 1.60. The van der Waals surface area contributed by atoms with E-state index in [9.17, 15) is 4.79 Å². The van der Waals surface area contributed by atoms with Gasteiger partial charge in [-0.3, -0.25) is 4.98 Å². The molecule has 4 heteroatoms. The number of pyridine rings is 1. The first-order chi connectivity index (χ1) is 6.77. The SMILES string of the molecule is COC(=O)c1cncc(C=CCS)c1. The maximum atomic E-state index is 11.1. The van der Waals surface area contributed by atoms with Crippen LogP contribution in [-0.4, -0.2) is 23.8 Å². The molecule has 0 atom stereocenters. The van der Waals surface area contributed by atoms with E-state index in [1.54, 1.807) is 12.3 Å². The van der Waals surface area contributed by atoms with Crippen molar-refractivity contribution < 1.29 is 9.53 Å². The molecule has 0 fully saturated rings. The Hall–Kier alpha value is -1.29. The van der Waals surface area contributed by atoms with E-state index in [2.05, 4.69) is 22.3 Å². The van der Waals surface area contributed by atoms with E-state index in [-0.39, 0.29) is 5.97 Å². The van der Waals surface area contributed by atoms with E-state index in [1.807, 2.05) is 12.2 Å². The Morgan fingerprint density at radius 3 is 3.07 bits per heavy atom.